The molecule has 0 bridgehead atoms. The SMILES string of the molecule is CCCC(=O)Oc1ccc2c(C)cc(=O)oc2c1.CCCCCCC(=O)Oc1ccc2c(C)cc(=O)oc2c1.CCCCCCCC/C=C/CCCCCCCC(=O)Oc1ccc2c(C)cc(=O)oc2c1.CCCCCCCCCCCCCCCC(=O)Oc1ccc2c(C)cc(=O)oc2c1. The van der Waals surface area contributed by atoms with Crippen LogP contribution in [-0.4, -0.2) is 23.9 Å². The average molecular weight is 1390 g/mol. The summed E-state index contributed by atoms with van der Waals surface area (Å²) in [5, 5.41) is 3.38. The normalized spacial score (nSPS) is 11.0. The van der Waals surface area contributed by atoms with Crippen molar-refractivity contribution in [1.29, 1.82) is 0 Å². The molecule has 4 heterocycles. The molecule has 0 unspecified atom stereocenters. The molecule has 0 radical (unpaired) electrons. The molecule has 548 valence electrons. The van der Waals surface area contributed by atoms with E-state index in [4.69, 9.17) is 36.6 Å². The van der Waals surface area contributed by atoms with E-state index in [2.05, 4.69) is 32.9 Å². The lowest BCUT2D eigenvalue weighted by atomic mass is 10.0. The van der Waals surface area contributed by atoms with Gasteiger partial charge in [-0.2, -0.15) is 0 Å². The number of fused-ring (bicyclic) bond motifs is 4. The van der Waals surface area contributed by atoms with Crippen molar-refractivity contribution in [2.75, 3.05) is 0 Å². The molecule has 0 aliphatic rings. The van der Waals surface area contributed by atoms with Crippen molar-refractivity contribution in [2.24, 2.45) is 0 Å². The number of benzene rings is 4. The van der Waals surface area contributed by atoms with Crippen molar-refractivity contribution >= 4 is 67.8 Å². The number of rotatable bonds is 40. The van der Waals surface area contributed by atoms with Crippen LogP contribution in [0.15, 0.2) is 146 Å². The number of hydrogen-bond donors (Lipinski definition) is 0. The Morgan fingerprint density at radius 3 is 0.743 bits per heavy atom. The number of hydrogen-bond acceptors (Lipinski definition) is 16. The fourth-order valence-corrected chi connectivity index (χ4v) is 11.7. The minimum Gasteiger partial charge on any atom is -0.426 e. The zero-order valence-corrected chi connectivity index (χ0v) is 61.7. The fraction of sp³-hybridized carbons (Fsp3) is 0.506. The van der Waals surface area contributed by atoms with Gasteiger partial charge in [-0.05, 0) is 150 Å². The molecule has 0 N–H and O–H groups in total. The third-order valence-electron chi connectivity index (χ3n) is 17.4. The van der Waals surface area contributed by atoms with Crippen molar-refractivity contribution in [2.45, 2.75) is 280 Å². The quantitative estimate of drug-likeness (QED) is 0.0114. The second-order valence-corrected chi connectivity index (χ2v) is 26.4. The first-order valence-corrected chi connectivity index (χ1v) is 37.6. The molecule has 101 heavy (non-hydrogen) atoms. The molecular weight excluding hydrogens is 1280 g/mol. The van der Waals surface area contributed by atoms with Crippen LogP contribution in [0, 0.1) is 27.7 Å². The summed E-state index contributed by atoms with van der Waals surface area (Å²) in [7, 11) is 0. The van der Waals surface area contributed by atoms with Gasteiger partial charge in [0.25, 0.3) is 0 Å². The molecule has 4 aromatic carbocycles. The Morgan fingerprint density at radius 2 is 0.495 bits per heavy atom. The number of unbranched alkanes of at least 4 members (excludes halogenated alkanes) is 26. The lowest BCUT2D eigenvalue weighted by Gasteiger charge is -2.06. The number of carbonyl (C=O) groups excluding carboxylic acids is 4. The fourth-order valence-electron chi connectivity index (χ4n) is 11.7. The van der Waals surface area contributed by atoms with Crippen LogP contribution in [0.25, 0.3) is 43.9 Å². The second-order valence-electron chi connectivity index (χ2n) is 26.4. The summed E-state index contributed by atoms with van der Waals surface area (Å²) in [5.74, 6) is 0.656. The first-order valence-electron chi connectivity index (χ1n) is 37.6. The molecule has 0 amide bonds. The zero-order chi connectivity index (χ0) is 73.0. The minimum absolute atomic E-state index is 0.229. The maximum Gasteiger partial charge on any atom is 0.336 e. The van der Waals surface area contributed by atoms with Gasteiger partial charge in [0.1, 0.15) is 45.3 Å². The van der Waals surface area contributed by atoms with E-state index in [1.54, 1.807) is 60.7 Å². The van der Waals surface area contributed by atoms with Gasteiger partial charge in [0.15, 0.2) is 0 Å². The first kappa shape index (κ1) is 83.0. The van der Waals surface area contributed by atoms with E-state index >= 15 is 0 Å². The smallest absolute Gasteiger partial charge is 0.336 e. The summed E-state index contributed by atoms with van der Waals surface area (Å²) >= 11 is 0. The Morgan fingerprint density at radius 1 is 0.277 bits per heavy atom. The number of esters is 4. The largest absolute Gasteiger partial charge is 0.426 e. The molecular formula is C85H112O16. The summed E-state index contributed by atoms with van der Waals surface area (Å²) < 4.78 is 41.9. The van der Waals surface area contributed by atoms with Gasteiger partial charge < -0.3 is 36.6 Å². The third kappa shape index (κ3) is 33.1. The van der Waals surface area contributed by atoms with Crippen molar-refractivity contribution in [3.8, 4) is 23.0 Å². The number of allylic oxidation sites excluding steroid dienone is 2. The topological polar surface area (TPSA) is 226 Å². The van der Waals surface area contributed by atoms with E-state index < -0.39 is 22.5 Å². The summed E-state index contributed by atoms with van der Waals surface area (Å²) in [6.45, 7) is 16.0. The lowest BCUT2D eigenvalue weighted by Crippen LogP contribution is -2.07. The van der Waals surface area contributed by atoms with E-state index in [0.717, 1.165) is 114 Å². The Labute approximate surface area is 597 Å². The molecule has 0 aliphatic heterocycles. The van der Waals surface area contributed by atoms with Crippen LogP contribution in [0.4, 0.5) is 0 Å². The lowest BCUT2D eigenvalue weighted by molar-refractivity contribution is -0.135. The summed E-state index contributed by atoms with van der Waals surface area (Å²) in [6, 6.07) is 26.3. The van der Waals surface area contributed by atoms with Crippen LogP contribution in [-0.2, 0) is 19.2 Å². The maximum atomic E-state index is 12.1. The molecule has 0 atom stereocenters. The molecule has 0 fully saturated rings. The molecule has 4 aromatic heterocycles. The predicted molar refractivity (Wildman–Crippen MR) is 405 cm³/mol. The van der Waals surface area contributed by atoms with Crippen molar-refractivity contribution in [1.82, 2.24) is 0 Å². The van der Waals surface area contributed by atoms with Gasteiger partial charge >= 0.3 is 46.4 Å². The van der Waals surface area contributed by atoms with Crippen LogP contribution < -0.4 is 41.4 Å². The average Bonchev–Trinajstić information content (AvgIpc) is 0.840. The van der Waals surface area contributed by atoms with Gasteiger partial charge in [0.2, 0.25) is 0 Å². The van der Waals surface area contributed by atoms with Gasteiger partial charge in [-0.25, -0.2) is 19.2 Å². The molecule has 16 nitrogen and oxygen atoms in total. The van der Waals surface area contributed by atoms with E-state index in [1.807, 2.05) is 46.8 Å². The first-order chi connectivity index (χ1) is 48.9. The molecule has 8 rings (SSSR count). The van der Waals surface area contributed by atoms with Crippen LogP contribution in [0.5, 0.6) is 23.0 Å². The van der Waals surface area contributed by atoms with Crippen LogP contribution in [0.3, 0.4) is 0 Å². The van der Waals surface area contributed by atoms with Gasteiger partial charge in [-0.15, -0.1) is 0 Å². The van der Waals surface area contributed by atoms with Gasteiger partial charge in [0, 0.05) is 95.8 Å². The van der Waals surface area contributed by atoms with E-state index in [9.17, 15) is 38.4 Å². The van der Waals surface area contributed by atoms with E-state index in [1.165, 1.54) is 153 Å². The summed E-state index contributed by atoms with van der Waals surface area (Å²) in [6.07, 6.45) is 43.8. The Balaban J connectivity index is 0.000000248. The molecule has 16 heteroatoms. The minimum atomic E-state index is -0.406. The van der Waals surface area contributed by atoms with Gasteiger partial charge in [-0.1, -0.05) is 188 Å². The standard InChI is InChI=1S/C28H40O4.C26H38O4.C17H20O4.C14H14O4/c1-3-4-5-6-7-8-9-10-11-12-13-14-15-16-17-18-27(29)31-24-19-20-25-23(2)21-28(30)32-26(25)22-24;1-3-4-5-6-7-8-9-10-11-12-13-14-15-16-25(27)29-22-17-18-23-21(2)19-26(28)30-24(23)20-22;1-3-4-5-6-7-16(18)20-13-8-9-14-12(2)10-17(19)21-15(14)11-13;1-3-4-13(15)17-10-5-6-11-9(2)7-14(16)18-12(11)8-10/h10-11,19-22H,3-9,12-18H2,1-2H3;17-20H,3-16H2,1-2H3;8-11H,3-7H2,1-2H3;5-8H,3-4H2,1-2H3/b11-10+;;;. The zero-order valence-electron chi connectivity index (χ0n) is 61.7. The molecule has 0 aliphatic carbocycles. The second kappa shape index (κ2) is 48.2. The van der Waals surface area contributed by atoms with E-state index in [-0.39, 0.29) is 23.9 Å². The number of carbonyl (C=O) groups is 4. The molecule has 8 aromatic rings. The summed E-state index contributed by atoms with van der Waals surface area (Å²) in [5.41, 5.74) is 3.56. The van der Waals surface area contributed by atoms with Crippen LogP contribution >= 0.6 is 0 Å². The molecule has 0 saturated heterocycles. The highest BCUT2D eigenvalue weighted by atomic mass is 16.5. The molecule has 0 saturated carbocycles. The highest BCUT2D eigenvalue weighted by Crippen LogP contribution is 2.27. The predicted octanol–water partition coefficient (Wildman–Crippen LogP) is 22.3. The highest BCUT2D eigenvalue weighted by Gasteiger charge is 2.13. The summed E-state index contributed by atoms with van der Waals surface area (Å²) in [4.78, 5) is 92.9. The van der Waals surface area contributed by atoms with Crippen molar-refractivity contribution in [3.05, 3.63) is 173 Å². The van der Waals surface area contributed by atoms with Gasteiger partial charge in [0.05, 0.1) is 0 Å². The maximum absolute atomic E-state index is 12.1. The van der Waals surface area contributed by atoms with Gasteiger partial charge in [-0.3, -0.25) is 19.2 Å². The van der Waals surface area contributed by atoms with Crippen molar-refractivity contribution < 1.29 is 55.8 Å². The van der Waals surface area contributed by atoms with Crippen LogP contribution in [0.2, 0.25) is 0 Å². The molecule has 0 spiro atoms. The van der Waals surface area contributed by atoms with Crippen LogP contribution in [0.1, 0.15) is 275 Å². The number of aryl methyl sites for hydroxylation is 4. The Kier molecular flexibility index (Phi) is 39.6. The Hall–Kier alpha value is -8.66. The number of ether oxygens (including phenoxy) is 4. The monoisotopic (exact) mass is 1390 g/mol. The Bertz CT molecular complexity index is 4090. The third-order valence-corrected chi connectivity index (χ3v) is 17.4. The highest BCUT2D eigenvalue weighted by molar-refractivity contribution is 5.85. The van der Waals surface area contributed by atoms with E-state index in [0.29, 0.717) is 71.0 Å². The van der Waals surface area contributed by atoms with Crippen molar-refractivity contribution in [3.63, 3.8) is 0 Å².